The van der Waals surface area contributed by atoms with Gasteiger partial charge in [0.15, 0.2) is 0 Å². The average molecular weight is 447 g/mol. The lowest BCUT2D eigenvalue weighted by Gasteiger charge is -2.20. The molecule has 5 rings (SSSR count). The Hall–Kier alpha value is -3.85. The highest BCUT2D eigenvalue weighted by atomic mass is 19.1. The minimum absolute atomic E-state index is 0.0966. The first-order valence-corrected chi connectivity index (χ1v) is 10.5. The Balaban J connectivity index is 1.56. The fourth-order valence-electron chi connectivity index (χ4n) is 4.40. The molecule has 3 aromatic rings. The number of carbonyl (C=O) groups excluding carboxylic acids is 2. The average Bonchev–Trinajstić information content (AvgIpc) is 3.31. The van der Waals surface area contributed by atoms with Crippen molar-refractivity contribution in [1.29, 1.82) is 0 Å². The number of rotatable bonds is 4. The smallest absolute Gasteiger partial charge is 0.260 e. The maximum absolute atomic E-state index is 14.8. The quantitative estimate of drug-likeness (QED) is 0.660. The summed E-state index contributed by atoms with van der Waals surface area (Å²) < 4.78 is 20.1. The largest absolute Gasteiger partial charge is 0.496 e. The van der Waals surface area contributed by atoms with Crippen LogP contribution in [0.15, 0.2) is 42.6 Å². The highest BCUT2D eigenvalue weighted by Crippen LogP contribution is 2.39. The van der Waals surface area contributed by atoms with Crippen LogP contribution in [-0.2, 0) is 11.3 Å². The summed E-state index contributed by atoms with van der Waals surface area (Å²) in [6.07, 6.45) is 1.75. The van der Waals surface area contributed by atoms with Crippen LogP contribution in [0, 0.1) is 12.7 Å². The maximum Gasteiger partial charge on any atom is 0.260 e. The van der Waals surface area contributed by atoms with Gasteiger partial charge in [-0.3, -0.25) is 24.4 Å². The number of fused-ring (bicyclic) bond motifs is 1. The van der Waals surface area contributed by atoms with Gasteiger partial charge in [0.1, 0.15) is 23.2 Å². The molecule has 0 aliphatic carbocycles. The standard InChI is InChI=1S/C24H22FN5O3/c1-13-8-19(29-11-14(26)10-21(29)31)28-20(9-13)30-12-16-15(24(30)32)6-7-27-23(16)22-17(25)4-3-5-18(22)33-2/h3-9,14H,10-12,26H2,1-2H3/t14-/m1/s1. The number of ether oxygens (including phenoxy) is 1. The number of amides is 2. The Morgan fingerprint density at radius 1 is 1.15 bits per heavy atom. The van der Waals surface area contributed by atoms with Crippen molar-refractivity contribution in [3.63, 3.8) is 0 Å². The summed E-state index contributed by atoms with van der Waals surface area (Å²) in [5, 5.41) is 0. The number of halogens is 1. The Morgan fingerprint density at radius 3 is 2.61 bits per heavy atom. The van der Waals surface area contributed by atoms with Crippen molar-refractivity contribution < 1.29 is 18.7 Å². The molecule has 1 atom stereocenters. The van der Waals surface area contributed by atoms with Crippen LogP contribution in [-0.4, -0.2) is 41.5 Å². The van der Waals surface area contributed by atoms with E-state index < -0.39 is 5.82 Å². The van der Waals surface area contributed by atoms with Crippen molar-refractivity contribution in [3.05, 3.63) is 65.1 Å². The molecule has 0 bridgehead atoms. The van der Waals surface area contributed by atoms with Crippen LogP contribution in [0.25, 0.3) is 11.3 Å². The van der Waals surface area contributed by atoms with E-state index in [2.05, 4.69) is 9.97 Å². The topological polar surface area (TPSA) is 102 Å². The molecule has 2 aliphatic rings. The van der Waals surface area contributed by atoms with Crippen LogP contribution in [0.3, 0.4) is 0 Å². The second kappa shape index (κ2) is 7.93. The monoisotopic (exact) mass is 447 g/mol. The number of methoxy groups -OCH3 is 1. The van der Waals surface area contributed by atoms with E-state index in [0.29, 0.717) is 40.8 Å². The van der Waals surface area contributed by atoms with Gasteiger partial charge in [-0.1, -0.05) is 6.07 Å². The molecule has 2 aromatic heterocycles. The zero-order valence-corrected chi connectivity index (χ0v) is 18.2. The van der Waals surface area contributed by atoms with E-state index in [9.17, 15) is 14.0 Å². The minimum atomic E-state index is -0.485. The van der Waals surface area contributed by atoms with E-state index >= 15 is 0 Å². The number of nitrogens with zero attached hydrogens (tertiary/aromatic N) is 4. The minimum Gasteiger partial charge on any atom is -0.496 e. The molecule has 2 N–H and O–H groups in total. The first-order valence-electron chi connectivity index (χ1n) is 10.5. The molecule has 2 amide bonds. The van der Waals surface area contributed by atoms with E-state index in [1.165, 1.54) is 24.3 Å². The van der Waals surface area contributed by atoms with Crippen molar-refractivity contribution in [3.8, 4) is 17.0 Å². The summed E-state index contributed by atoms with van der Waals surface area (Å²) in [5.41, 5.74) is 8.37. The molecule has 8 nitrogen and oxygen atoms in total. The number of pyridine rings is 2. The second-order valence-electron chi connectivity index (χ2n) is 8.22. The predicted molar refractivity (Wildman–Crippen MR) is 121 cm³/mol. The lowest BCUT2D eigenvalue weighted by molar-refractivity contribution is -0.117. The number of hydrogen-bond donors (Lipinski definition) is 1. The summed E-state index contributed by atoms with van der Waals surface area (Å²) >= 11 is 0. The van der Waals surface area contributed by atoms with Gasteiger partial charge in [-0.25, -0.2) is 9.37 Å². The molecule has 0 spiro atoms. The van der Waals surface area contributed by atoms with E-state index in [4.69, 9.17) is 10.5 Å². The van der Waals surface area contributed by atoms with E-state index in [-0.39, 0.29) is 36.4 Å². The molecule has 1 aromatic carbocycles. The van der Waals surface area contributed by atoms with Crippen molar-refractivity contribution in [2.45, 2.75) is 25.9 Å². The van der Waals surface area contributed by atoms with Crippen LogP contribution >= 0.6 is 0 Å². The zero-order chi connectivity index (χ0) is 23.3. The van der Waals surface area contributed by atoms with Crippen LogP contribution in [0.5, 0.6) is 5.75 Å². The third-order valence-electron chi connectivity index (χ3n) is 5.93. The summed E-state index contributed by atoms with van der Waals surface area (Å²) in [7, 11) is 1.46. The highest BCUT2D eigenvalue weighted by Gasteiger charge is 2.35. The first-order chi connectivity index (χ1) is 15.9. The molecular formula is C24H22FN5O3. The van der Waals surface area contributed by atoms with Gasteiger partial charge in [-0.2, -0.15) is 0 Å². The highest BCUT2D eigenvalue weighted by molar-refractivity contribution is 6.11. The van der Waals surface area contributed by atoms with Gasteiger partial charge in [0.05, 0.1) is 24.9 Å². The van der Waals surface area contributed by atoms with Crippen LogP contribution in [0.1, 0.15) is 27.9 Å². The SMILES string of the molecule is COc1cccc(F)c1-c1nccc2c1CN(c1cc(C)cc(N3C[C@H](N)CC3=O)n1)C2=O. The summed E-state index contributed by atoms with van der Waals surface area (Å²) in [6.45, 7) is 2.42. The first kappa shape index (κ1) is 21.0. The van der Waals surface area contributed by atoms with E-state index in [1.807, 2.05) is 6.92 Å². The van der Waals surface area contributed by atoms with Gasteiger partial charge < -0.3 is 10.5 Å². The predicted octanol–water partition coefficient (Wildman–Crippen LogP) is 2.82. The Morgan fingerprint density at radius 2 is 1.91 bits per heavy atom. The number of nitrogens with two attached hydrogens (primary N) is 1. The van der Waals surface area contributed by atoms with Gasteiger partial charge in [0.25, 0.3) is 5.91 Å². The molecule has 33 heavy (non-hydrogen) atoms. The Labute approximate surface area is 189 Å². The Bertz CT molecular complexity index is 1300. The molecule has 1 fully saturated rings. The number of carbonyl (C=O) groups is 2. The lowest BCUT2D eigenvalue weighted by Crippen LogP contribution is -2.30. The van der Waals surface area contributed by atoms with Crippen LogP contribution in [0.4, 0.5) is 16.0 Å². The van der Waals surface area contributed by atoms with Crippen LogP contribution in [0.2, 0.25) is 0 Å². The fourth-order valence-corrected chi connectivity index (χ4v) is 4.40. The van der Waals surface area contributed by atoms with Gasteiger partial charge in [-0.05, 0) is 42.8 Å². The second-order valence-corrected chi connectivity index (χ2v) is 8.22. The third-order valence-corrected chi connectivity index (χ3v) is 5.93. The van der Waals surface area contributed by atoms with Gasteiger partial charge in [0.2, 0.25) is 5.91 Å². The number of aryl methyl sites for hydroxylation is 1. The number of aromatic nitrogens is 2. The van der Waals surface area contributed by atoms with Crippen molar-refractivity contribution >= 4 is 23.5 Å². The van der Waals surface area contributed by atoms with Gasteiger partial charge >= 0.3 is 0 Å². The van der Waals surface area contributed by atoms with Gasteiger partial charge in [0, 0.05) is 36.3 Å². The fraction of sp³-hybridized carbons (Fsp3) is 0.250. The maximum atomic E-state index is 14.8. The number of hydrogen-bond acceptors (Lipinski definition) is 6. The lowest BCUT2D eigenvalue weighted by atomic mass is 10.0. The van der Waals surface area contributed by atoms with E-state index in [1.54, 1.807) is 35.2 Å². The zero-order valence-electron chi connectivity index (χ0n) is 18.2. The molecule has 168 valence electrons. The molecule has 9 heteroatoms. The van der Waals surface area contributed by atoms with Crippen LogP contribution < -0.4 is 20.3 Å². The summed E-state index contributed by atoms with van der Waals surface area (Å²) in [5.74, 6) is 0.354. The molecule has 2 aliphatic heterocycles. The normalized spacial score (nSPS) is 17.6. The van der Waals surface area contributed by atoms with Crippen molar-refractivity contribution in [2.24, 2.45) is 5.73 Å². The summed E-state index contributed by atoms with van der Waals surface area (Å²) in [4.78, 5) is 37.7. The molecule has 0 radical (unpaired) electrons. The molecule has 0 unspecified atom stereocenters. The van der Waals surface area contributed by atoms with Crippen molar-refractivity contribution in [2.75, 3.05) is 23.5 Å². The molecule has 4 heterocycles. The summed E-state index contributed by atoms with van der Waals surface area (Å²) in [6, 6.07) is 9.50. The van der Waals surface area contributed by atoms with Gasteiger partial charge in [-0.15, -0.1) is 0 Å². The van der Waals surface area contributed by atoms with Crippen molar-refractivity contribution in [1.82, 2.24) is 9.97 Å². The number of anilines is 2. The number of benzene rings is 1. The molecule has 1 saturated heterocycles. The Kier molecular flexibility index (Phi) is 5.05. The van der Waals surface area contributed by atoms with E-state index in [0.717, 1.165) is 5.56 Å². The molecule has 0 saturated carbocycles. The third kappa shape index (κ3) is 3.50. The molecular weight excluding hydrogens is 425 g/mol.